The maximum absolute atomic E-state index is 13.5. The first-order valence-corrected chi connectivity index (χ1v) is 7.80. The number of aryl methyl sites for hydroxylation is 1. The molecule has 1 aliphatic carbocycles. The number of nitrogens with zero attached hydrogens (tertiary/aromatic N) is 2. The van der Waals surface area contributed by atoms with Crippen LogP contribution in [-0.2, 0) is 0 Å². The smallest absolute Gasteiger partial charge is 0.162 e. The number of benzene rings is 1. The lowest BCUT2D eigenvalue weighted by atomic mass is 10.0. The molecule has 1 aromatic carbocycles. The third-order valence-electron chi connectivity index (χ3n) is 3.92. The number of halogens is 3. The Hall–Kier alpha value is -1.19. The zero-order chi connectivity index (χ0) is 15.0. The van der Waals surface area contributed by atoms with Gasteiger partial charge in [-0.25, -0.2) is 14.4 Å². The molecule has 3 rings (SSSR count). The Balaban J connectivity index is 2.05. The molecule has 5 heteroatoms. The summed E-state index contributed by atoms with van der Waals surface area (Å²) in [6, 6.07) is 4.67. The van der Waals surface area contributed by atoms with Crippen molar-refractivity contribution < 1.29 is 4.39 Å². The summed E-state index contributed by atoms with van der Waals surface area (Å²) in [6.07, 6.45) is 4.51. The van der Waals surface area contributed by atoms with Crippen molar-refractivity contribution in [2.45, 2.75) is 38.5 Å². The molecule has 1 heterocycles. The highest BCUT2D eigenvalue weighted by molar-refractivity contribution is 6.34. The fourth-order valence-electron chi connectivity index (χ4n) is 2.96. The Morgan fingerprint density at radius 2 is 1.67 bits per heavy atom. The van der Waals surface area contributed by atoms with Crippen LogP contribution in [-0.4, -0.2) is 9.97 Å². The minimum atomic E-state index is -0.319. The molecule has 0 amide bonds. The monoisotopic (exact) mass is 324 g/mol. The van der Waals surface area contributed by atoms with E-state index in [0.717, 1.165) is 24.0 Å². The van der Waals surface area contributed by atoms with Crippen LogP contribution in [0.4, 0.5) is 4.39 Å². The van der Waals surface area contributed by atoms with Crippen molar-refractivity contribution >= 4 is 23.2 Å². The lowest BCUT2D eigenvalue weighted by Crippen LogP contribution is -2.02. The SMILES string of the molecule is Cc1cc(F)cc(-c2nc(Cl)c(C3CCCC3)c(Cl)n2)c1. The summed E-state index contributed by atoms with van der Waals surface area (Å²) in [7, 11) is 0. The van der Waals surface area contributed by atoms with Crippen LogP contribution in [0.3, 0.4) is 0 Å². The van der Waals surface area contributed by atoms with Crippen molar-refractivity contribution in [3.63, 3.8) is 0 Å². The Kier molecular flexibility index (Phi) is 4.14. The summed E-state index contributed by atoms with van der Waals surface area (Å²) in [4.78, 5) is 8.67. The highest BCUT2D eigenvalue weighted by Gasteiger charge is 2.24. The summed E-state index contributed by atoms with van der Waals surface area (Å²) < 4.78 is 13.5. The van der Waals surface area contributed by atoms with Crippen LogP contribution in [0.5, 0.6) is 0 Å². The van der Waals surface area contributed by atoms with Gasteiger partial charge in [-0.15, -0.1) is 0 Å². The normalized spacial score (nSPS) is 15.6. The Bertz CT molecular complexity index is 639. The van der Waals surface area contributed by atoms with Crippen LogP contribution in [0, 0.1) is 12.7 Å². The van der Waals surface area contributed by atoms with Gasteiger partial charge in [-0.2, -0.15) is 0 Å². The third-order valence-corrected chi connectivity index (χ3v) is 4.49. The van der Waals surface area contributed by atoms with Crippen molar-refractivity contribution in [1.29, 1.82) is 0 Å². The second-order valence-corrected chi connectivity index (χ2v) is 6.26. The number of aromatic nitrogens is 2. The number of hydrogen-bond donors (Lipinski definition) is 0. The zero-order valence-electron chi connectivity index (χ0n) is 11.7. The highest BCUT2D eigenvalue weighted by atomic mass is 35.5. The van der Waals surface area contributed by atoms with Crippen LogP contribution in [0.15, 0.2) is 18.2 Å². The van der Waals surface area contributed by atoms with E-state index in [4.69, 9.17) is 23.2 Å². The zero-order valence-corrected chi connectivity index (χ0v) is 13.2. The van der Waals surface area contributed by atoms with Gasteiger partial charge < -0.3 is 0 Å². The average molecular weight is 325 g/mol. The van der Waals surface area contributed by atoms with Gasteiger partial charge in [0.25, 0.3) is 0 Å². The maximum Gasteiger partial charge on any atom is 0.162 e. The quantitative estimate of drug-likeness (QED) is 0.676. The molecule has 21 heavy (non-hydrogen) atoms. The molecule has 0 unspecified atom stereocenters. The maximum atomic E-state index is 13.5. The van der Waals surface area contributed by atoms with Crippen molar-refractivity contribution in [2.24, 2.45) is 0 Å². The van der Waals surface area contributed by atoms with E-state index in [0.29, 0.717) is 27.6 Å². The lowest BCUT2D eigenvalue weighted by molar-refractivity contribution is 0.627. The molecule has 1 aliphatic rings. The van der Waals surface area contributed by atoms with Crippen molar-refractivity contribution in [3.05, 3.63) is 45.4 Å². The molecular weight excluding hydrogens is 310 g/mol. The summed E-state index contributed by atoms with van der Waals surface area (Å²) in [5.74, 6) is 0.392. The summed E-state index contributed by atoms with van der Waals surface area (Å²) in [6.45, 7) is 1.82. The van der Waals surface area contributed by atoms with E-state index in [2.05, 4.69) is 9.97 Å². The molecule has 0 aliphatic heterocycles. The Labute approximate surface area is 133 Å². The first kappa shape index (κ1) is 14.7. The first-order chi connectivity index (χ1) is 10.0. The van der Waals surface area contributed by atoms with Gasteiger partial charge in [0.2, 0.25) is 0 Å². The molecule has 1 aromatic heterocycles. The molecule has 0 spiro atoms. The van der Waals surface area contributed by atoms with Crippen molar-refractivity contribution in [3.8, 4) is 11.4 Å². The molecule has 0 atom stereocenters. The molecule has 0 bridgehead atoms. The predicted octanol–water partition coefficient (Wildman–Crippen LogP) is 5.56. The van der Waals surface area contributed by atoms with Crippen LogP contribution >= 0.6 is 23.2 Å². The minimum absolute atomic E-state index is 0.319. The van der Waals surface area contributed by atoms with Gasteiger partial charge in [-0.1, -0.05) is 36.0 Å². The van der Waals surface area contributed by atoms with Crippen LogP contribution in [0.2, 0.25) is 10.3 Å². The fourth-order valence-corrected chi connectivity index (χ4v) is 3.66. The molecule has 1 saturated carbocycles. The van der Waals surface area contributed by atoms with E-state index >= 15 is 0 Å². The van der Waals surface area contributed by atoms with E-state index in [1.165, 1.54) is 25.0 Å². The van der Waals surface area contributed by atoms with Gasteiger partial charge in [-0.05, 0) is 49.4 Å². The standard InChI is InChI=1S/C16H15Cl2FN2/c1-9-6-11(8-12(19)7-9)16-20-14(17)13(15(18)21-16)10-4-2-3-5-10/h6-8,10H,2-5H2,1H3. The largest absolute Gasteiger partial charge is 0.216 e. The second kappa shape index (κ2) is 5.90. The average Bonchev–Trinajstić information content (AvgIpc) is 2.90. The van der Waals surface area contributed by atoms with Crippen LogP contribution in [0.25, 0.3) is 11.4 Å². The van der Waals surface area contributed by atoms with E-state index in [9.17, 15) is 4.39 Å². The molecule has 110 valence electrons. The summed E-state index contributed by atoms with van der Waals surface area (Å²) >= 11 is 12.6. The molecular formula is C16H15Cl2FN2. The molecule has 2 nitrogen and oxygen atoms in total. The fraction of sp³-hybridized carbons (Fsp3) is 0.375. The van der Waals surface area contributed by atoms with Crippen LogP contribution < -0.4 is 0 Å². The van der Waals surface area contributed by atoms with E-state index in [1.807, 2.05) is 13.0 Å². The topological polar surface area (TPSA) is 25.8 Å². The van der Waals surface area contributed by atoms with E-state index < -0.39 is 0 Å². The highest BCUT2D eigenvalue weighted by Crippen LogP contribution is 2.40. The van der Waals surface area contributed by atoms with Gasteiger partial charge >= 0.3 is 0 Å². The molecule has 0 saturated heterocycles. The minimum Gasteiger partial charge on any atom is -0.216 e. The Morgan fingerprint density at radius 1 is 1.05 bits per heavy atom. The van der Waals surface area contributed by atoms with Gasteiger partial charge in [-0.3, -0.25) is 0 Å². The number of hydrogen-bond acceptors (Lipinski definition) is 2. The van der Waals surface area contributed by atoms with Gasteiger partial charge in [0.1, 0.15) is 16.1 Å². The van der Waals surface area contributed by atoms with E-state index in [-0.39, 0.29) is 5.82 Å². The molecule has 0 N–H and O–H groups in total. The molecule has 0 radical (unpaired) electrons. The van der Waals surface area contributed by atoms with E-state index in [1.54, 1.807) is 0 Å². The van der Waals surface area contributed by atoms with Gasteiger partial charge in [0.15, 0.2) is 5.82 Å². The predicted molar refractivity (Wildman–Crippen MR) is 83.4 cm³/mol. The number of rotatable bonds is 2. The first-order valence-electron chi connectivity index (χ1n) is 7.05. The summed E-state index contributed by atoms with van der Waals surface area (Å²) in [5.41, 5.74) is 2.24. The van der Waals surface area contributed by atoms with Crippen molar-refractivity contribution in [1.82, 2.24) is 9.97 Å². The van der Waals surface area contributed by atoms with Crippen molar-refractivity contribution in [2.75, 3.05) is 0 Å². The van der Waals surface area contributed by atoms with Gasteiger partial charge in [0.05, 0.1) is 0 Å². The molecule has 2 aromatic rings. The van der Waals surface area contributed by atoms with Crippen LogP contribution in [0.1, 0.15) is 42.7 Å². The Morgan fingerprint density at radius 3 is 2.24 bits per heavy atom. The third kappa shape index (κ3) is 3.04. The second-order valence-electron chi connectivity index (χ2n) is 5.54. The lowest BCUT2D eigenvalue weighted by Gasteiger charge is -2.14. The van der Waals surface area contributed by atoms with Gasteiger partial charge in [0, 0.05) is 11.1 Å². The summed E-state index contributed by atoms with van der Waals surface area (Å²) in [5, 5.41) is 0.776. The molecule has 1 fully saturated rings.